The molecule has 1 aliphatic rings. The molecule has 4 nitrogen and oxygen atoms in total. The predicted octanol–water partition coefficient (Wildman–Crippen LogP) is 5.37. The van der Waals surface area contributed by atoms with E-state index in [0.29, 0.717) is 0 Å². The normalized spacial score (nSPS) is 19.7. The number of fused-ring (bicyclic) bond motifs is 1. The largest absolute Gasteiger partial charge is 0.481 e. The molecule has 1 aliphatic heterocycles. The van der Waals surface area contributed by atoms with Crippen LogP contribution >= 0.6 is 0 Å². The van der Waals surface area contributed by atoms with Crippen molar-refractivity contribution in [2.75, 3.05) is 7.11 Å². The molecule has 1 aromatic rings. The van der Waals surface area contributed by atoms with E-state index < -0.39 is 11.8 Å². The molecule has 0 aliphatic carbocycles. The van der Waals surface area contributed by atoms with E-state index in [9.17, 15) is 9.90 Å². The van der Waals surface area contributed by atoms with Gasteiger partial charge in [0.25, 0.3) is 0 Å². The molecule has 1 N–H and O–H groups in total. The number of methoxy groups -OCH3 is 1. The number of benzene rings is 1. The van der Waals surface area contributed by atoms with Crippen molar-refractivity contribution in [2.45, 2.75) is 97.7 Å². The van der Waals surface area contributed by atoms with Crippen LogP contribution in [0.5, 0.6) is 5.75 Å². The summed E-state index contributed by atoms with van der Waals surface area (Å²) in [6, 6.07) is 0. The van der Waals surface area contributed by atoms with E-state index in [-0.39, 0.29) is 17.8 Å². The van der Waals surface area contributed by atoms with Crippen LogP contribution in [0.25, 0.3) is 0 Å². The van der Waals surface area contributed by atoms with Gasteiger partial charge >= 0.3 is 5.97 Å². The van der Waals surface area contributed by atoms with Gasteiger partial charge in [0.15, 0.2) is 0 Å². The lowest BCUT2D eigenvalue weighted by Gasteiger charge is -2.40. The quantitative estimate of drug-likeness (QED) is 0.725. The smallest absolute Gasteiger partial charge is 0.307 e. The highest BCUT2D eigenvalue weighted by Gasteiger charge is 2.38. The van der Waals surface area contributed by atoms with Crippen LogP contribution in [0.2, 0.25) is 0 Å². The molecule has 1 heterocycles. The van der Waals surface area contributed by atoms with Crippen molar-refractivity contribution in [2.24, 2.45) is 0 Å². The number of aliphatic carboxylic acids is 1. The standard InChI is InChI=1S/C23H36O4/c1-9-10-16-20(22(4,5)6)17(13-18(24)25)19(14(2)3)15-11-12-23(7,26-8)27-21(15)16/h14H,9-13H2,1-8H3,(H,24,25). The van der Waals surface area contributed by atoms with Gasteiger partial charge in [-0.1, -0.05) is 48.0 Å². The highest BCUT2D eigenvalue weighted by atomic mass is 16.7. The van der Waals surface area contributed by atoms with Crippen molar-refractivity contribution in [3.05, 3.63) is 27.8 Å². The molecule has 1 unspecified atom stereocenters. The van der Waals surface area contributed by atoms with E-state index in [0.717, 1.165) is 48.1 Å². The fraction of sp³-hybridized carbons (Fsp3) is 0.696. The van der Waals surface area contributed by atoms with E-state index in [1.165, 1.54) is 11.1 Å². The summed E-state index contributed by atoms with van der Waals surface area (Å²) in [6.45, 7) is 15.0. The number of carbonyl (C=O) groups is 1. The van der Waals surface area contributed by atoms with Crippen LogP contribution in [-0.4, -0.2) is 24.0 Å². The summed E-state index contributed by atoms with van der Waals surface area (Å²) in [7, 11) is 1.69. The number of carboxylic acid groups (broad SMARTS) is 1. The third-order valence-electron chi connectivity index (χ3n) is 5.54. The third-order valence-corrected chi connectivity index (χ3v) is 5.54. The van der Waals surface area contributed by atoms with Crippen LogP contribution in [0.1, 0.15) is 95.0 Å². The third kappa shape index (κ3) is 4.31. The molecule has 27 heavy (non-hydrogen) atoms. The van der Waals surface area contributed by atoms with E-state index in [1.807, 2.05) is 6.92 Å². The maximum atomic E-state index is 11.8. The number of ether oxygens (including phenoxy) is 2. The zero-order chi connectivity index (χ0) is 20.6. The zero-order valence-electron chi connectivity index (χ0n) is 18.3. The molecule has 0 fully saturated rings. The minimum Gasteiger partial charge on any atom is -0.481 e. The first-order valence-electron chi connectivity index (χ1n) is 10.1. The molecule has 2 rings (SSSR count). The van der Waals surface area contributed by atoms with Gasteiger partial charge < -0.3 is 14.6 Å². The number of carboxylic acids is 1. The first kappa shape index (κ1) is 21.7. The predicted molar refractivity (Wildman–Crippen MR) is 109 cm³/mol. The second-order valence-electron chi connectivity index (χ2n) is 9.22. The van der Waals surface area contributed by atoms with Crippen molar-refractivity contribution < 1.29 is 19.4 Å². The van der Waals surface area contributed by atoms with Crippen LogP contribution in [0.4, 0.5) is 0 Å². The van der Waals surface area contributed by atoms with Crippen molar-refractivity contribution in [3.63, 3.8) is 0 Å². The number of hydrogen-bond acceptors (Lipinski definition) is 3. The molecule has 1 aromatic carbocycles. The van der Waals surface area contributed by atoms with Crippen LogP contribution < -0.4 is 4.74 Å². The lowest BCUT2D eigenvalue weighted by atomic mass is 9.72. The molecule has 0 aromatic heterocycles. The Morgan fingerprint density at radius 3 is 2.37 bits per heavy atom. The summed E-state index contributed by atoms with van der Waals surface area (Å²) in [5.74, 6) is -0.230. The van der Waals surface area contributed by atoms with Crippen LogP contribution in [0, 0.1) is 0 Å². The zero-order valence-corrected chi connectivity index (χ0v) is 18.3. The molecule has 0 bridgehead atoms. The molecule has 0 saturated heterocycles. The Hall–Kier alpha value is -1.55. The Bertz CT molecular complexity index is 712. The number of rotatable bonds is 6. The Morgan fingerprint density at radius 1 is 1.30 bits per heavy atom. The van der Waals surface area contributed by atoms with Gasteiger partial charge in [-0.3, -0.25) is 4.79 Å². The van der Waals surface area contributed by atoms with Gasteiger partial charge in [-0.25, -0.2) is 0 Å². The fourth-order valence-electron chi connectivity index (χ4n) is 4.48. The number of hydrogen-bond donors (Lipinski definition) is 1. The van der Waals surface area contributed by atoms with E-state index in [2.05, 4.69) is 41.5 Å². The van der Waals surface area contributed by atoms with Gasteiger partial charge in [0.2, 0.25) is 5.79 Å². The summed E-state index contributed by atoms with van der Waals surface area (Å²) < 4.78 is 12.1. The lowest BCUT2D eigenvalue weighted by molar-refractivity contribution is -0.161. The topological polar surface area (TPSA) is 55.8 Å². The minimum atomic E-state index is -0.775. The molecular weight excluding hydrogens is 340 g/mol. The average Bonchev–Trinajstić information content (AvgIpc) is 2.53. The SMILES string of the molecule is CCCc1c2c(c(C(C)C)c(CC(=O)O)c1C(C)(C)C)CCC(C)(OC)O2. The monoisotopic (exact) mass is 376 g/mol. The molecule has 0 saturated carbocycles. The van der Waals surface area contributed by atoms with Crippen molar-refractivity contribution in [3.8, 4) is 5.75 Å². The molecule has 152 valence electrons. The van der Waals surface area contributed by atoms with Gasteiger partial charge in [-0.15, -0.1) is 0 Å². The fourth-order valence-corrected chi connectivity index (χ4v) is 4.48. The highest BCUT2D eigenvalue weighted by Crippen LogP contribution is 2.47. The van der Waals surface area contributed by atoms with Gasteiger partial charge in [0, 0.05) is 20.5 Å². The highest BCUT2D eigenvalue weighted by molar-refractivity contribution is 5.74. The maximum absolute atomic E-state index is 11.8. The Labute approximate surface area is 164 Å². The van der Waals surface area contributed by atoms with Gasteiger partial charge in [-0.2, -0.15) is 0 Å². The maximum Gasteiger partial charge on any atom is 0.307 e. The summed E-state index contributed by atoms with van der Waals surface area (Å²) >= 11 is 0. The van der Waals surface area contributed by atoms with E-state index >= 15 is 0 Å². The lowest BCUT2D eigenvalue weighted by Crippen LogP contribution is -2.40. The Balaban J connectivity index is 2.94. The minimum absolute atomic E-state index is 0.0612. The Morgan fingerprint density at radius 2 is 1.93 bits per heavy atom. The van der Waals surface area contributed by atoms with Crippen LogP contribution in [0.3, 0.4) is 0 Å². The molecule has 0 radical (unpaired) electrons. The van der Waals surface area contributed by atoms with Crippen molar-refractivity contribution >= 4 is 5.97 Å². The molecular formula is C23H36O4. The molecule has 1 atom stereocenters. The molecule has 0 amide bonds. The van der Waals surface area contributed by atoms with Crippen molar-refractivity contribution in [1.29, 1.82) is 0 Å². The van der Waals surface area contributed by atoms with Gasteiger partial charge in [0.1, 0.15) is 5.75 Å². The summed E-state index contributed by atoms with van der Waals surface area (Å²) in [6.07, 6.45) is 3.53. The summed E-state index contributed by atoms with van der Waals surface area (Å²) in [4.78, 5) is 11.8. The van der Waals surface area contributed by atoms with Gasteiger partial charge in [-0.05, 0) is 52.0 Å². The van der Waals surface area contributed by atoms with Crippen molar-refractivity contribution in [1.82, 2.24) is 0 Å². The molecule has 4 heteroatoms. The van der Waals surface area contributed by atoms with E-state index in [4.69, 9.17) is 9.47 Å². The Kier molecular flexibility index (Phi) is 6.30. The van der Waals surface area contributed by atoms with E-state index in [1.54, 1.807) is 7.11 Å². The average molecular weight is 377 g/mol. The van der Waals surface area contributed by atoms with Crippen LogP contribution in [-0.2, 0) is 34.2 Å². The summed E-state index contributed by atoms with van der Waals surface area (Å²) in [5.41, 5.74) is 5.50. The first-order valence-corrected chi connectivity index (χ1v) is 10.1. The molecule has 0 spiro atoms. The summed E-state index contributed by atoms with van der Waals surface area (Å²) in [5, 5.41) is 9.66. The van der Waals surface area contributed by atoms with Gasteiger partial charge in [0.05, 0.1) is 6.42 Å². The second-order valence-corrected chi connectivity index (χ2v) is 9.22. The first-order chi connectivity index (χ1) is 12.4. The van der Waals surface area contributed by atoms with Crippen LogP contribution in [0.15, 0.2) is 0 Å². The second kappa shape index (κ2) is 7.83.